The fourth-order valence-electron chi connectivity index (χ4n) is 3.04. The zero-order valence-corrected chi connectivity index (χ0v) is 28.9. The minimum atomic E-state index is -4.36. The maximum absolute atomic E-state index is 11.9. The van der Waals surface area contributed by atoms with E-state index in [-0.39, 0.29) is 5.57 Å². The lowest BCUT2D eigenvalue weighted by atomic mass is 10.1. The molecule has 246 valence electrons. The average molecular weight is 662 g/mol. The Morgan fingerprint density at radius 3 is 2.24 bits per heavy atom. The predicted octanol–water partition coefficient (Wildman–Crippen LogP) is 8.88. The summed E-state index contributed by atoms with van der Waals surface area (Å²) in [6.45, 7) is 21.6. The van der Waals surface area contributed by atoms with Crippen LogP contribution in [-0.2, 0) is 4.79 Å². The molecule has 1 aromatic rings. The second-order valence-corrected chi connectivity index (χ2v) is 9.79. The van der Waals surface area contributed by atoms with Crippen molar-refractivity contribution in [2.75, 3.05) is 46.1 Å². The fraction of sp³-hybridized carbons (Fsp3) is 0.600. The van der Waals surface area contributed by atoms with Gasteiger partial charge in [0.2, 0.25) is 0 Å². The van der Waals surface area contributed by atoms with Crippen molar-refractivity contribution in [2.24, 2.45) is 16.0 Å². The Bertz CT molecular complexity index is 845. The van der Waals surface area contributed by atoms with Crippen LogP contribution in [0, 0.1) is 5.92 Å². The number of nitrogens with one attached hydrogen (secondary N) is 1. The van der Waals surface area contributed by atoms with Gasteiger partial charge >= 0.3 is 6.18 Å². The Morgan fingerprint density at radius 1 is 1.21 bits per heavy atom. The van der Waals surface area contributed by atoms with Gasteiger partial charge in [-0.15, -0.1) is 0 Å². The van der Waals surface area contributed by atoms with Crippen LogP contribution in [0.25, 0.3) is 0 Å². The molecule has 1 aromatic carbocycles. The number of hydrogen-bond acceptors (Lipinski definition) is 7. The molecular weight excluding hydrogens is 608 g/mol. The largest absolute Gasteiger partial charge is 0.493 e. The van der Waals surface area contributed by atoms with E-state index in [2.05, 4.69) is 35.6 Å². The Morgan fingerprint density at radius 2 is 1.79 bits per heavy atom. The van der Waals surface area contributed by atoms with E-state index in [9.17, 15) is 13.2 Å². The van der Waals surface area contributed by atoms with Gasteiger partial charge in [0.05, 0.1) is 22.2 Å². The lowest BCUT2D eigenvalue weighted by molar-refractivity contribution is -0.0980. The first-order valence-electron chi connectivity index (χ1n) is 13.7. The number of hydrogen-bond donors (Lipinski definition) is 2. The van der Waals surface area contributed by atoms with E-state index in [0.717, 1.165) is 44.5 Å². The second-order valence-electron chi connectivity index (χ2n) is 8.50. The van der Waals surface area contributed by atoms with Gasteiger partial charge in [-0.2, -0.15) is 13.2 Å². The Kier molecular flexibility index (Phi) is 36.5. The van der Waals surface area contributed by atoms with Crippen LogP contribution >= 0.6 is 35.1 Å². The molecule has 0 fully saturated rings. The number of nitrogens with zero attached hydrogens (tertiary/aromatic N) is 2. The summed E-state index contributed by atoms with van der Waals surface area (Å²) in [6, 6.07) is 5.40. The topological polar surface area (TPSA) is 80.0 Å². The molecule has 0 bridgehead atoms. The van der Waals surface area contributed by atoms with E-state index in [1.54, 1.807) is 19.1 Å². The van der Waals surface area contributed by atoms with Gasteiger partial charge in [-0.25, -0.2) is 0 Å². The van der Waals surface area contributed by atoms with Crippen molar-refractivity contribution < 1.29 is 22.7 Å². The third-order valence-corrected chi connectivity index (χ3v) is 5.78. The Labute approximate surface area is 267 Å². The van der Waals surface area contributed by atoms with Crippen molar-refractivity contribution in [3.63, 3.8) is 0 Å². The summed E-state index contributed by atoms with van der Waals surface area (Å²) in [4.78, 5) is 14.1. The molecule has 12 heteroatoms. The number of allylic oxidation sites excluding steroid dienone is 2. The molecule has 0 aliphatic heterocycles. The normalized spacial score (nSPS) is 11.5. The first kappa shape index (κ1) is 47.4. The number of alkyl halides is 3. The summed E-state index contributed by atoms with van der Waals surface area (Å²) in [5.41, 5.74) is -0.825. The van der Waals surface area contributed by atoms with Crippen LogP contribution in [0.5, 0.6) is 5.75 Å². The van der Waals surface area contributed by atoms with Crippen LogP contribution in [0.4, 0.5) is 13.2 Å². The third kappa shape index (κ3) is 28.6. The minimum absolute atomic E-state index is 0.0283. The lowest BCUT2D eigenvalue weighted by Crippen LogP contribution is -2.30. The first-order chi connectivity index (χ1) is 19.9. The molecule has 1 rings (SSSR count). The standard InChI is InChI=1S/C18H30Cl2N2O.C8H10F3N.C2H6.CH5NS.CH2O/c1-4-9-22(11-8-15(2)14-21-3)10-5-12-23-16-6-7-17(19)18(20)13-16;1-4-12-5-6(2)7(3)8(9,10)11;1-2;1-3-2;1-2/h6-7,13,15,21H,4-5,8-12,14H2,1-3H3;4-5H,3H2,1-2H3;1-2H3;2H2,1H3;1H2/b;6-5-,12-4?;;;. The molecule has 1 unspecified atom stereocenters. The van der Waals surface area contributed by atoms with E-state index in [1.165, 1.54) is 37.9 Å². The number of benzene rings is 1. The number of rotatable bonds is 14. The van der Waals surface area contributed by atoms with Crippen LogP contribution in [0.2, 0.25) is 10.0 Å². The molecule has 0 saturated carbocycles. The molecule has 1 atom stereocenters. The smallest absolute Gasteiger partial charge is 0.416 e. The molecule has 3 N–H and O–H groups in total. The predicted molar refractivity (Wildman–Crippen MR) is 180 cm³/mol. The summed E-state index contributed by atoms with van der Waals surface area (Å²) < 4.78 is 41.6. The highest BCUT2D eigenvalue weighted by Crippen LogP contribution is 2.29. The zero-order valence-electron chi connectivity index (χ0n) is 26.6. The van der Waals surface area contributed by atoms with Crippen molar-refractivity contribution in [2.45, 2.75) is 67.0 Å². The maximum Gasteiger partial charge on any atom is 0.416 e. The van der Waals surface area contributed by atoms with E-state index in [4.69, 9.17) is 37.9 Å². The van der Waals surface area contributed by atoms with Crippen molar-refractivity contribution in [3.05, 3.63) is 52.2 Å². The zero-order chi connectivity index (χ0) is 33.6. The van der Waals surface area contributed by atoms with E-state index in [0.29, 0.717) is 22.6 Å². The molecule has 6 nitrogen and oxygen atoms in total. The van der Waals surface area contributed by atoms with Gasteiger partial charge in [-0.3, -0.25) is 10.1 Å². The molecule has 0 aromatic heterocycles. The van der Waals surface area contributed by atoms with Gasteiger partial charge in [0, 0.05) is 25.0 Å². The van der Waals surface area contributed by atoms with E-state index in [1.807, 2.05) is 40.0 Å². The Balaban J connectivity index is -0.000000319. The van der Waals surface area contributed by atoms with E-state index < -0.39 is 11.7 Å². The second kappa shape index (κ2) is 32.4. The molecule has 0 aliphatic rings. The van der Waals surface area contributed by atoms with Crippen molar-refractivity contribution in [1.82, 2.24) is 10.2 Å². The highest BCUT2D eigenvalue weighted by molar-refractivity contribution is 7.96. The quantitative estimate of drug-likeness (QED) is 0.0898. The Hall–Kier alpha value is -1.56. The third-order valence-electron chi connectivity index (χ3n) is 5.04. The van der Waals surface area contributed by atoms with Crippen LogP contribution < -0.4 is 15.2 Å². The molecule has 0 heterocycles. The van der Waals surface area contributed by atoms with E-state index >= 15 is 0 Å². The average Bonchev–Trinajstić information content (AvgIpc) is 2.96. The number of carbonyl (C=O) groups excluding carboxylic acids is 1. The molecule has 0 radical (unpaired) electrons. The molecule has 0 spiro atoms. The highest BCUT2D eigenvalue weighted by atomic mass is 35.5. The van der Waals surface area contributed by atoms with Crippen LogP contribution in [0.15, 0.2) is 47.1 Å². The molecule has 0 aliphatic carbocycles. The SMILES string of the molecule is C=C(/C(C)=C\N=CC)C(F)(F)F.C=O.CC.CCCN(CCCOc1ccc(Cl)c(Cl)c1)CCC(C)CNC.CSN. The van der Waals surface area contributed by atoms with Gasteiger partial charge < -0.3 is 19.7 Å². The summed E-state index contributed by atoms with van der Waals surface area (Å²) in [5, 5.41) is 9.10. The number of halogens is 5. The molecule has 0 saturated heterocycles. The van der Waals surface area contributed by atoms with Crippen molar-refractivity contribution in [3.8, 4) is 5.75 Å². The number of nitrogens with two attached hydrogens (primary N) is 1. The molecule has 0 amide bonds. The van der Waals surface area contributed by atoms with Crippen LogP contribution in [0.3, 0.4) is 0 Å². The molecular formula is C30H53Cl2F3N4O2S. The number of aliphatic imine (C=N–C) groups is 1. The fourth-order valence-corrected chi connectivity index (χ4v) is 3.33. The van der Waals surface area contributed by atoms with Gasteiger partial charge in [-0.05, 0) is 89.7 Å². The summed E-state index contributed by atoms with van der Waals surface area (Å²) in [5.74, 6) is 1.50. The minimum Gasteiger partial charge on any atom is -0.493 e. The van der Waals surface area contributed by atoms with Gasteiger partial charge in [0.1, 0.15) is 12.5 Å². The monoisotopic (exact) mass is 660 g/mol. The molecule has 42 heavy (non-hydrogen) atoms. The van der Waals surface area contributed by atoms with Crippen molar-refractivity contribution >= 4 is 48.2 Å². The van der Waals surface area contributed by atoms with Crippen LogP contribution in [0.1, 0.15) is 60.8 Å². The first-order valence-corrected chi connectivity index (χ1v) is 15.8. The summed E-state index contributed by atoms with van der Waals surface area (Å²) in [7, 11) is 2.01. The van der Waals surface area contributed by atoms with Gasteiger partial charge in [0.25, 0.3) is 0 Å². The summed E-state index contributed by atoms with van der Waals surface area (Å²) in [6.07, 6.45) is 3.44. The summed E-state index contributed by atoms with van der Waals surface area (Å²) >= 11 is 13.1. The van der Waals surface area contributed by atoms with Crippen LogP contribution in [-0.4, -0.2) is 70.2 Å². The lowest BCUT2D eigenvalue weighted by Gasteiger charge is -2.23. The highest BCUT2D eigenvalue weighted by Gasteiger charge is 2.32. The van der Waals surface area contributed by atoms with Gasteiger partial charge in [0.15, 0.2) is 0 Å². The van der Waals surface area contributed by atoms with Gasteiger partial charge in [-0.1, -0.05) is 69.4 Å². The number of ether oxygens (including phenoxy) is 1. The van der Waals surface area contributed by atoms with Crippen molar-refractivity contribution in [1.29, 1.82) is 0 Å². The number of carbonyl (C=O) groups is 1. The maximum atomic E-state index is 11.9.